The monoisotopic (exact) mass is 320 g/mol. The molecule has 4 rings (SSSR count). The smallest absolute Gasteiger partial charge is 0.199 e. The number of benzene rings is 2. The molecule has 1 aliphatic carbocycles. The van der Waals surface area contributed by atoms with Gasteiger partial charge in [0.05, 0.1) is 24.4 Å². The van der Waals surface area contributed by atoms with E-state index in [0.29, 0.717) is 28.8 Å². The molecule has 0 amide bonds. The van der Waals surface area contributed by atoms with E-state index in [9.17, 15) is 9.90 Å². The zero-order chi connectivity index (χ0) is 16.7. The first kappa shape index (κ1) is 14.5. The minimum Gasteiger partial charge on any atom is -0.506 e. The summed E-state index contributed by atoms with van der Waals surface area (Å²) in [5, 5.41) is 14.7. The number of nitrogens with one attached hydrogen (secondary N) is 1. The van der Waals surface area contributed by atoms with Crippen molar-refractivity contribution in [2.45, 2.75) is 12.5 Å². The van der Waals surface area contributed by atoms with Crippen molar-refractivity contribution in [2.24, 2.45) is 5.10 Å². The summed E-state index contributed by atoms with van der Waals surface area (Å²) in [4.78, 5) is 12.6. The average Bonchev–Trinajstić information content (AvgIpc) is 3.19. The van der Waals surface area contributed by atoms with E-state index in [4.69, 9.17) is 4.74 Å². The largest absolute Gasteiger partial charge is 0.506 e. The quantitative estimate of drug-likeness (QED) is 0.910. The summed E-state index contributed by atoms with van der Waals surface area (Å²) in [5.41, 5.74) is 6.06. The predicted octanol–water partition coefficient (Wildman–Crippen LogP) is 3.25. The molecule has 0 saturated carbocycles. The molecule has 0 fully saturated rings. The number of methoxy groups -OCH3 is 1. The van der Waals surface area contributed by atoms with Gasteiger partial charge in [-0.1, -0.05) is 36.4 Å². The Bertz CT molecular complexity index is 899. The van der Waals surface area contributed by atoms with Gasteiger partial charge in [-0.15, -0.1) is 0 Å². The van der Waals surface area contributed by atoms with Gasteiger partial charge in [0.25, 0.3) is 0 Å². The molecule has 2 aliphatic rings. The van der Waals surface area contributed by atoms with Crippen LogP contribution in [0.25, 0.3) is 5.76 Å². The van der Waals surface area contributed by atoms with Crippen LogP contribution >= 0.6 is 0 Å². The fourth-order valence-corrected chi connectivity index (χ4v) is 3.18. The van der Waals surface area contributed by atoms with Gasteiger partial charge in [0.15, 0.2) is 5.78 Å². The van der Waals surface area contributed by atoms with Crippen LogP contribution in [0.15, 0.2) is 59.2 Å². The number of aliphatic hydroxyl groups is 1. The van der Waals surface area contributed by atoms with Gasteiger partial charge in [-0.25, -0.2) is 0 Å². The topological polar surface area (TPSA) is 70.9 Å². The predicted molar refractivity (Wildman–Crippen MR) is 91.2 cm³/mol. The lowest BCUT2D eigenvalue weighted by Crippen LogP contribution is -2.11. The Labute approximate surface area is 139 Å². The van der Waals surface area contributed by atoms with Crippen molar-refractivity contribution < 1.29 is 14.6 Å². The van der Waals surface area contributed by atoms with E-state index in [1.165, 1.54) is 0 Å². The van der Waals surface area contributed by atoms with Crippen molar-refractivity contribution in [3.05, 3.63) is 70.8 Å². The summed E-state index contributed by atoms with van der Waals surface area (Å²) in [6, 6.07) is 14.7. The highest BCUT2D eigenvalue weighted by molar-refractivity contribution is 6.35. The fraction of sp³-hybridized carbons (Fsp3) is 0.158. The Kier molecular flexibility index (Phi) is 3.34. The van der Waals surface area contributed by atoms with E-state index in [1.807, 2.05) is 24.3 Å². The maximum Gasteiger partial charge on any atom is 0.199 e. The number of hydrogen-bond acceptors (Lipinski definition) is 5. The van der Waals surface area contributed by atoms with Crippen LogP contribution in [0.5, 0.6) is 5.75 Å². The molecule has 1 heterocycles. The number of aliphatic hydroxyl groups excluding tert-OH is 1. The van der Waals surface area contributed by atoms with Crippen LogP contribution in [0.3, 0.4) is 0 Å². The summed E-state index contributed by atoms with van der Waals surface area (Å²) in [5.74, 6) is 0.617. The Morgan fingerprint density at radius 2 is 1.96 bits per heavy atom. The van der Waals surface area contributed by atoms with Crippen LogP contribution in [0.4, 0.5) is 0 Å². The highest BCUT2D eigenvalue weighted by Gasteiger charge is 2.35. The summed E-state index contributed by atoms with van der Waals surface area (Å²) in [7, 11) is 1.63. The Morgan fingerprint density at radius 3 is 2.71 bits per heavy atom. The van der Waals surface area contributed by atoms with E-state index >= 15 is 0 Å². The Hall–Kier alpha value is -3.08. The molecular weight excluding hydrogens is 304 g/mol. The molecule has 1 atom stereocenters. The third-order valence-electron chi connectivity index (χ3n) is 4.43. The number of fused-ring (bicyclic) bond motifs is 1. The molecule has 0 spiro atoms. The van der Waals surface area contributed by atoms with Crippen LogP contribution < -0.4 is 10.2 Å². The number of rotatable bonds is 3. The number of carbonyl (C=O) groups excluding carboxylic acids is 1. The van der Waals surface area contributed by atoms with Gasteiger partial charge in [0.1, 0.15) is 11.5 Å². The highest BCUT2D eigenvalue weighted by Crippen LogP contribution is 2.35. The molecule has 1 unspecified atom stereocenters. The maximum atomic E-state index is 12.6. The third kappa shape index (κ3) is 2.17. The minimum absolute atomic E-state index is 0.0162. The lowest BCUT2D eigenvalue weighted by Gasteiger charge is -2.11. The SMILES string of the molecule is COc1cccc(C2CC(C3=C(O)c4ccccc4C3=O)=NN2)c1. The molecule has 120 valence electrons. The van der Waals surface area contributed by atoms with E-state index in [2.05, 4.69) is 10.5 Å². The van der Waals surface area contributed by atoms with Gasteiger partial charge in [-0.3, -0.25) is 4.79 Å². The first-order chi connectivity index (χ1) is 11.7. The summed E-state index contributed by atoms with van der Waals surface area (Å²) in [6.45, 7) is 0. The zero-order valence-corrected chi connectivity index (χ0v) is 13.1. The molecule has 5 nitrogen and oxygen atoms in total. The van der Waals surface area contributed by atoms with Crippen LogP contribution in [-0.4, -0.2) is 23.7 Å². The number of carbonyl (C=O) groups is 1. The second-order valence-electron chi connectivity index (χ2n) is 5.82. The number of hydrazone groups is 1. The second-order valence-corrected chi connectivity index (χ2v) is 5.82. The number of nitrogens with zero attached hydrogens (tertiary/aromatic N) is 1. The molecule has 24 heavy (non-hydrogen) atoms. The Morgan fingerprint density at radius 1 is 1.17 bits per heavy atom. The van der Waals surface area contributed by atoms with Gasteiger partial charge in [-0.05, 0) is 17.7 Å². The first-order valence-electron chi connectivity index (χ1n) is 7.73. The van der Waals surface area contributed by atoms with Crippen LogP contribution in [0, 0.1) is 0 Å². The van der Waals surface area contributed by atoms with Gasteiger partial charge in [0.2, 0.25) is 0 Å². The molecule has 1 aliphatic heterocycles. The second kappa shape index (κ2) is 5.53. The molecule has 2 aromatic carbocycles. The van der Waals surface area contributed by atoms with Gasteiger partial charge >= 0.3 is 0 Å². The summed E-state index contributed by atoms with van der Waals surface area (Å²) in [6.07, 6.45) is 0.534. The summed E-state index contributed by atoms with van der Waals surface area (Å²) >= 11 is 0. The van der Waals surface area contributed by atoms with E-state index in [0.717, 1.165) is 11.3 Å². The normalized spacial score (nSPS) is 19.1. The van der Waals surface area contributed by atoms with Crippen molar-refractivity contribution in [1.29, 1.82) is 0 Å². The molecule has 0 bridgehead atoms. The highest BCUT2D eigenvalue weighted by atomic mass is 16.5. The summed E-state index contributed by atoms with van der Waals surface area (Å²) < 4.78 is 5.25. The van der Waals surface area contributed by atoms with Crippen LogP contribution in [0.2, 0.25) is 0 Å². The third-order valence-corrected chi connectivity index (χ3v) is 4.43. The lowest BCUT2D eigenvalue weighted by molar-refractivity contribution is 0.104. The van der Waals surface area contributed by atoms with Crippen LogP contribution in [-0.2, 0) is 0 Å². The van der Waals surface area contributed by atoms with Crippen molar-refractivity contribution >= 4 is 17.3 Å². The fourth-order valence-electron chi connectivity index (χ4n) is 3.18. The Balaban J connectivity index is 1.62. The minimum atomic E-state index is -0.171. The molecule has 0 radical (unpaired) electrons. The standard InChI is InChI=1S/C19H16N2O3/c1-24-12-6-4-5-11(9-12)15-10-16(21-20-15)17-18(22)13-7-2-3-8-14(13)19(17)23/h2-9,15,20,22H,10H2,1H3. The van der Waals surface area contributed by atoms with Crippen molar-refractivity contribution in [1.82, 2.24) is 5.43 Å². The van der Waals surface area contributed by atoms with E-state index in [-0.39, 0.29) is 17.6 Å². The van der Waals surface area contributed by atoms with E-state index < -0.39 is 0 Å². The van der Waals surface area contributed by atoms with Crippen molar-refractivity contribution in [3.63, 3.8) is 0 Å². The van der Waals surface area contributed by atoms with Gasteiger partial charge < -0.3 is 15.3 Å². The van der Waals surface area contributed by atoms with Crippen LogP contribution in [0.1, 0.15) is 33.9 Å². The zero-order valence-electron chi connectivity index (χ0n) is 13.1. The number of ether oxygens (including phenoxy) is 1. The van der Waals surface area contributed by atoms with Crippen molar-refractivity contribution in [2.75, 3.05) is 7.11 Å². The van der Waals surface area contributed by atoms with E-state index in [1.54, 1.807) is 31.4 Å². The average molecular weight is 320 g/mol. The van der Waals surface area contributed by atoms with Gasteiger partial charge in [0, 0.05) is 17.5 Å². The lowest BCUT2D eigenvalue weighted by atomic mass is 9.97. The molecule has 5 heteroatoms. The molecule has 2 aromatic rings. The van der Waals surface area contributed by atoms with Gasteiger partial charge in [-0.2, -0.15) is 5.10 Å². The molecule has 0 aromatic heterocycles. The number of hydrogen-bond donors (Lipinski definition) is 2. The number of Topliss-reactive ketones (excluding diaryl/α,β-unsaturated/α-hetero) is 1. The number of allylic oxidation sites excluding steroid dienone is 1. The van der Waals surface area contributed by atoms with Crippen molar-refractivity contribution in [3.8, 4) is 5.75 Å². The maximum absolute atomic E-state index is 12.6. The number of ketones is 1. The first-order valence-corrected chi connectivity index (χ1v) is 7.73. The molecule has 2 N–H and O–H groups in total. The molecular formula is C19H16N2O3. The molecule has 0 saturated heterocycles.